The Kier molecular flexibility index (Phi) is 4.96. The minimum Gasteiger partial charge on any atom is -0.376 e. The second-order valence-electron chi connectivity index (χ2n) is 7.26. The van der Waals surface area contributed by atoms with E-state index in [0.717, 1.165) is 51.0 Å². The highest BCUT2D eigenvalue weighted by molar-refractivity contribution is 5.43. The van der Waals surface area contributed by atoms with Crippen LogP contribution in [0.2, 0.25) is 0 Å². The van der Waals surface area contributed by atoms with E-state index in [0.29, 0.717) is 12.1 Å². The van der Waals surface area contributed by atoms with E-state index in [1.165, 1.54) is 25.7 Å². The van der Waals surface area contributed by atoms with E-state index in [1.54, 1.807) is 6.33 Å². The number of piperidine rings is 1. The van der Waals surface area contributed by atoms with Gasteiger partial charge in [-0.3, -0.25) is 0 Å². The summed E-state index contributed by atoms with van der Waals surface area (Å²) in [5.74, 6) is 1.12. The molecule has 4 rings (SSSR count). The molecular weight excluding hydrogens is 304 g/mol. The average molecular weight is 332 g/mol. The summed E-state index contributed by atoms with van der Waals surface area (Å²) in [6, 6.07) is 3.43. The van der Waals surface area contributed by atoms with Gasteiger partial charge in [-0.05, 0) is 32.6 Å². The molecular formula is C18H28N4O2. The summed E-state index contributed by atoms with van der Waals surface area (Å²) in [6.07, 6.45) is 6.96. The molecule has 3 heterocycles. The van der Waals surface area contributed by atoms with Crippen molar-refractivity contribution in [3.8, 4) is 0 Å². The summed E-state index contributed by atoms with van der Waals surface area (Å²) in [7, 11) is 0. The second-order valence-corrected chi connectivity index (χ2v) is 7.26. The number of likely N-dealkylation sites (tertiary alicyclic amines) is 1. The molecule has 2 saturated heterocycles. The number of hydrogen-bond acceptors (Lipinski definition) is 6. The summed E-state index contributed by atoms with van der Waals surface area (Å²) in [5.41, 5.74) is 1.05. The molecule has 1 aliphatic carbocycles. The Bertz CT molecular complexity index is 538. The highest BCUT2D eigenvalue weighted by atomic mass is 16.6. The molecule has 1 aromatic rings. The number of aromatic nitrogens is 2. The van der Waals surface area contributed by atoms with Gasteiger partial charge in [0.2, 0.25) is 0 Å². The number of aryl methyl sites for hydroxylation is 1. The van der Waals surface area contributed by atoms with Crippen molar-refractivity contribution in [3.63, 3.8) is 0 Å². The molecule has 3 fully saturated rings. The molecule has 0 aromatic carbocycles. The summed E-state index contributed by atoms with van der Waals surface area (Å²) in [4.78, 5) is 13.9. The fraction of sp³-hybridized carbons (Fsp3) is 0.778. The quantitative estimate of drug-likeness (QED) is 0.817. The van der Waals surface area contributed by atoms with Crippen LogP contribution in [0.1, 0.15) is 31.4 Å². The molecule has 6 heteroatoms. The topological polar surface area (TPSA) is 50.7 Å². The Morgan fingerprint density at radius 1 is 1.12 bits per heavy atom. The molecule has 3 aliphatic rings. The summed E-state index contributed by atoms with van der Waals surface area (Å²) in [6.45, 7) is 7.55. The Balaban J connectivity index is 1.35. The summed E-state index contributed by atoms with van der Waals surface area (Å²) >= 11 is 0. The van der Waals surface area contributed by atoms with Gasteiger partial charge in [0, 0.05) is 43.5 Å². The van der Waals surface area contributed by atoms with Crippen LogP contribution in [0.5, 0.6) is 0 Å². The SMILES string of the molecule is Cc1cc(N(C2CC2)C2CCN(CC3COCCO3)CC2)ncn1. The molecule has 2 aliphatic heterocycles. The Hall–Kier alpha value is -1.24. The normalized spacial score (nSPS) is 26.5. The lowest BCUT2D eigenvalue weighted by Gasteiger charge is -2.40. The molecule has 0 bridgehead atoms. The van der Waals surface area contributed by atoms with E-state index >= 15 is 0 Å². The maximum atomic E-state index is 5.79. The minimum atomic E-state index is 0.249. The third kappa shape index (κ3) is 3.87. The van der Waals surface area contributed by atoms with Gasteiger partial charge in [-0.1, -0.05) is 0 Å². The molecule has 0 amide bonds. The predicted molar refractivity (Wildman–Crippen MR) is 92.3 cm³/mol. The van der Waals surface area contributed by atoms with Crippen molar-refractivity contribution in [1.29, 1.82) is 0 Å². The number of ether oxygens (including phenoxy) is 2. The molecule has 0 radical (unpaired) electrons. The van der Waals surface area contributed by atoms with Crippen molar-refractivity contribution in [2.45, 2.75) is 50.8 Å². The molecule has 24 heavy (non-hydrogen) atoms. The Morgan fingerprint density at radius 3 is 2.58 bits per heavy atom. The molecule has 1 atom stereocenters. The molecule has 1 aromatic heterocycles. The summed E-state index contributed by atoms with van der Waals surface area (Å²) in [5, 5.41) is 0. The first kappa shape index (κ1) is 16.2. The molecule has 1 saturated carbocycles. The largest absolute Gasteiger partial charge is 0.376 e. The van der Waals surface area contributed by atoms with E-state index in [4.69, 9.17) is 9.47 Å². The lowest BCUT2D eigenvalue weighted by atomic mass is 10.0. The van der Waals surface area contributed by atoms with E-state index in [9.17, 15) is 0 Å². The monoisotopic (exact) mass is 332 g/mol. The van der Waals surface area contributed by atoms with Gasteiger partial charge < -0.3 is 19.3 Å². The smallest absolute Gasteiger partial charge is 0.132 e. The van der Waals surface area contributed by atoms with Crippen LogP contribution in [0, 0.1) is 6.92 Å². The number of anilines is 1. The van der Waals surface area contributed by atoms with Crippen LogP contribution in [0.15, 0.2) is 12.4 Å². The summed E-state index contributed by atoms with van der Waals surface area (Å²) < 4.78 is 11.3. The maximum Gasteiger partial charge on any atom is 0.132 e. The van der Waals surface area contributed by atoms with Gasteiger partial charge in [0.15, 0.2) is 0 Å². The van der Waals surface area contributed by atoms with E-state index in [1.807, 2.05) is 6.92 Å². The molecule has 1 unspecified atom stereocenters. The van der Waals surface area contributed by atoms with Crippen molar-refractivity contribution < 1.29 is 9.47 Å². The third-order valence-electron chi connectivity index (χ3n) is 5.29. The van der Waals surface area contributed by atoms with Crippen molar-refractivity contribution in [3.05, 3.63) is 18.1 Å². The van der Waals surface area contributed by atoms with E-state index in [2.05, 4.69) is 25.8 Å². The second kappa shape index (κ2) is 7.33. The number of hydrogen-bond donors (Lipinski definition) is 0. The van der Waals surface area contributed by atoms with Crippen molar-refractivity contribution in [1.82, 2.24) is 14.9 Å². The molecule has 132 valence electrons. The highest BCUT2D eigenvalue weighted by Gasteiger charge is 2.36. The van der Waals surface area contributed by atoms with Crippen LogP contribution in [-0.4, -0.2) is 72.5 Å². The standard InChI is InChI=1S/C18H28N4O2/c1-14-10-18(20-13-19-14)22(15-2-3-15)16-4-6-21(7-5-16)11-17-12-23-8-9-24-17/h10,13,15-17H,2-9,11-12H2,1H3. The van der Waals surface area contributed by atoms with Gasteiger partial charge in [-0.25, -0.2) is 9.97 Å². The first-order valence-corrected chi connectivity index (χ1v) is 9.28. The highest BCUT2D eigenvalue weighted by Crippen LogP contribution is 2.35. The van der Waals surface area contributed by atoms with Gasteiger partial charge >= 0.3 is 0 Å². The van der Waals surface area contributed by atoms with Crippen LogP contribution in [0.25, 0.3) is 0 Å². The molecule has 0 spiro atoms. The third-order valence-corrected chi connectivity index (χ3v) is 5.29. The van der Waals surface area contributed by atoms with Crippen LogP contribution in [0.3, 0.4) is 0 Å². The lowest BCUT2D eigenvalue weighted by Crippen LogP contribution is -2.49. The fourth-order valence-electron chi connectivity index (χ4n) is 3.92. The van der Waals surface area contributed by atoms with Crippen molar-refractivity contribution in [2.24, 2.45) is 0 Å². The lowest BCUT2D eigenvalue weighted by molar-refractivity contribution is -0.0988. The van der Waals surface area contributed by atoms with E-state index < -0.39 is 0 Å². The fourth-order valence-corrected chi connectivity index (χ4v) is 3.92. The van der Waals surface area contributed by atoms with E-state index in [-0.39, 0.29) is 6.10 Å². The van der Waals surface area contributed by atoms with Crippen LogP contribution < -0.4 is 4.90 Å². The van der Waals surface area contributed by atoms with Crippen molar-refractivity contribution in [2.75, 3.05) is 44.4 Å². The van der Waals surface area contributed by atoms with Gasteiger partial charge in [0.25, 0.3) is 0 Å². The maximum absolute atomic E-state index is 5.79. The first-order valence-electron chi connectivity index (χ1n) is 9.28. The van der Waals surface area contributed by atoms with Crippen LogP contribution >= 0.6 is 0 Å². The van der Waals surface area contributed by atoms with Gasteiger partial charge in [0.1, 0.15) is 12.1 Å². The zero-order valence-corrected chi connectivity index (χ0v) is 14.6. The minimum absolute atomic E-state index is 0.249. The number of nitrogens with zero attached hydrogens (tertiary/aromatic N) is 4. The van der Waals surface area contributed by atoms with Gasteiger partial charge in [0.05, 0.1) is 25.9 Å². The van der Waals surface area contributed by atoms with Gasteiger partial charge in [-0.15, -0.1) is 0 Å². The van der Waals surface area contributed by atoms with Crippen LogP contribution in [0.4, 0.5) is 5.82 Å². The zero-order valence-electron chi connectivity index (χ0n) is 14.6. The first-order chi connectivity index (χ1) is 11.8. The predicted octanol–water partition coefficient (Wildman–Crippen LogP) is 1.63. The Labute approximate surface area is 144 Å². The zero-order chi connectivity index (χ0) is 16.4. The number of rotatable bonds is 5. The molecule has 0 N–H and O–H groups in total. The molecule has 6 nitrogen and oxygen atoms in total. The van der Waals surface area contributed by atoms with Crippen molar-refractivity contribution >= 4 is 5.82 Å². The average Bonchev–Trinajstić information content (AvgIpc) is 3.43. The van der Waals surface area contributed by atoms with Crippen LogP contribution in [-0.2, 0) is 9.47 Å². The van der Waals surface area contributed by atoms with Gasteiger partial charge in [-0.2, -0.15) is 0 Å². The Morgan fingerprint density at radius 2 is 1.92 bits per heavy atom.